The predicted octanol–water partition coefficient (Wildman–Crippen LogP) is 1.77. The van der Waals surface area contributed by atoms with E-state index in [1.807, 2.05) is 32.0 Å². The molecule has 1 aromatic heterocycles. The lowest BCUT2D eigenvalue weighted by Crippen LogP contribution is -2.43. The average Bonchev–Trinajstić information content (AvgIpc) is 2.35. The van der Waals surface area contributed by atoms with Gasteiger partial charge >= 0.3 is 5.97 Å². The summed E-state index contributed by atoms with van der Waals surface area (Å²) >= 11 is 0. The lowest BCUT2D eigenvalue weighted by atomic mass is 9.98. The molecule has 1 heterocycles. The molecule has 0 atom stereocenters. The quantitative estimate of drug-likeness (QED) is 0.786. The first-order valence-corrected chi connectivity index (χ1v) is 6.32. The molecule has 19 heavy (non-hydrogen) atoms. The van der Waals surface area contributed by atoms with Gasteiger partial charge in [-0.15, -0.1) is 0 Å². The molecule has 0 saturated carbocycles. The zero-order chi connectivity index (χ0) is 14.3. The van der Waals surface area contributed by atoms with Crippen LogP contribution < -0.4 is 5.32 Å². The van der Waals surface area contributed by atoms with Crippen molar-refractivity contribution in [2.24, 2.45) is 0 Å². The second kappa shape index (κ2) is 6.87. The van der Waals surface area contributed by atoms with Crippen LogP contribution in [0.4, 0.5) is 0 Å². The van der Waals surface area contributed by atoms with Crippen LogP contribution in [0, 0.1) is 0 Å². The Labute approximate surface area is 113 Å². The second-order valence-corrected chi connectivity index (χ2v) is 5.15. The number of aryl methyl sites for hydroxylation is 1. The summed E-state index contributed by atoms with van der Waals surface area (Å²) < 4.78 is 0. The third kappa shape index (κ3) is 6.55. The van der Waals surface area contributed by atoms with Crippen molar-refractivity contribution in [2.75, 3.05) is 0 Å². The van der Waals surface area contributed by atoms with E-state index < -0.39 is 11.5 Å². The Morgan fingerprint density at radius 2 is 2.05 bits per heavy atom. The third-order valence-corrected chi connectivity index (χ3v) is 2.78. The molecule has 0 saturated heterocycles. The molecule has 2 N–H and O–H groups in total. The van der Waals surface area contributed by atoms with Crippen molar-refractivity contribution in [2.45, 2.75) is 45.1 Å². The summed E-state index contributed by atoms with van der Waals surface area (Å²) in [5, 5.41) is 11.5. The first-order chi connectivity index (χ1) is 8.89. The number of aliphatic carboxylic acids is 1. The number of rotatable bonds is 7. The van der Waals surface area contributed by atoms with E-state index in [0.29, 0.717) is 19.3 Å². The molecule has 0 fully saturated rings. The molecule has 0 aliphatic heterocycles. The Kier molecular flexibility index (Phi) is 5.48. The highest BCUT2D eigenvalue weighted by Crippen LogP contribution is 2.11. The molecule has 0 aliphatic carbocycles. The summed E-state index contributed by atoms with van der Waals surface area (Å²) in [5.41, 5.74) is 0.376. The summed E-state index contributed by atoms with van der Waals surface area (Å²) in [6.45, 7) is 3.66. The van der Waals surface area contributed by atoms with Gasteiger partial charge in [0.25, 0.3) is 0 Å². The molecule has 1 rings (SSSR count). The summed E-state index contributed by atoms with van der Waals surface area (Å²) in [6.07, 6.45) is 3.10. The smallest absolute Gasteiger partial charge is 0.303 e. The van der Waals surface area contributed by atoms with E-state index in [1.54, 1.807) is 6.20 Å². The fourth-order valence-corrected chi connectivity index (χ4v) is 1.71. The molecule has 0 radical (unpaired) electrons. The van der Waals surface area contributed by atoms with Gasteiger partial charge in [-0.3, -0.25) is 14.6 Å². The number of amides is 1. The normalized spacial score (nSPS) is 11.1. The molecule has 1 aromatic rings. The van der Waals surface area contributed by atoms with Crippen LogP contribution in [0.15, 0.2) is 24.4 Å². The van der Waals surface area contributed by atoms with Crippen LogP contribution in [0.2, 0.25) is 0 Å². The summed E-state index contributed by atoms with van der Waals surface area (Å²) in [6, 6.07) is 5.60. The zero-order valence-corrected chi connectivity index (χ0v) is 11.3. The number of nitrogens with one attached hydrogen (secondary N) is 1. The van der Waals surface area contributed by atoms with Gasteiger partial charge in [0.1, 0.15) is 0 Å². The molecular weight excluding hydrogens is 244 g/mol. The monoisotopic (exact) mass is 264 g/mol. The summed E-state index contributed by atoms with van der Waals surface area (Å²) in [4.78, 5) is 26.5. The molecule has 104 valence electrons. The van der Waals surface area contributed by atoms with Gasteiger partial charge < -0.3 is 10.4 Å². The summed E-state index contributed by atoms with van der Waals surface area (Å²) in [7, 11) is 0. The second-order valence-electron chi connectivity index (χ2n) is 5.15. The van der Waals surface area contributed by atoms with Crippen LogP contribution in [0.1, 0.15) is 38.8 Å². The molecule has 0 aromatic carbocycles. The number of aromatic nitrogens is 1. The molecular formula is C14H20N2O3. The number of carbonyl (C=O) groups excluding carboxylic acids is 1. The maximum absolute atomic E-state index is 11.8. The Morgan fingerprint density at radius 3 is 2.63 bits per heavy atom. The summed E-state index contributed by atoms with van der Waals surface area (Å²) in [5.74, 6) is -0.933. The zero-order valence-electron chi connectivity index (χ0n) is 11.3. The van der Waals surface area contributed by atoms with E-state index >= 15 is 0 Å². The topological polar surface area (TPSA) is 79.3 Å². The SMILES string of the molecule is CC(C)(CCC(=O)O)NC(=O)CCc1ccccn1. The van der Waals surface area contributed by atoms with E-state index in [2.05, 4.69) is 10.3 Å². The van der Waals surface area contributed by atoms with Crippen molar-refractivity contribution in [3.63, 3.8) is 0 Å². The number of carboxylic acid groups (broad SMARTS) is 1. The highest BCUT2D eigenvalue weighted by Gasteiger charge is 2.21. The highest BCUT2D eigenvalue weighted by molar-refractivity contribution is 5.77. The molecule has 5 heteroatoms. The van der Waals surface area contributed by atoms with Gasteiger partial charge in [0.05, 0.1) is 0 Å². The fourth-order valence-electron chi connectivity index (χ4n) is 1.71. The van der Waals surface area contributed by atoms with Crippen molar-refractivity contribution in [3.8, 4) is 0 Å². The maximum Gasteiger partial charge on any atom is 0.303 e. The number of hydrogen-bond donors (Lipinski definition) is 2. The Morgan fingerprint density at radius 1 is 1.32 bits per heavy atom. The first kappa shape index (κ1) is 15.1. The van der Waals surface area contributed by atoms with Gasteiger partial charge in [-0.05, 0) is 38.8 Å². The van der Waals surface area contributed by atoms with E-state index in [1.165, 1.54) is 0 Å². The molecule has 0 unspecified atom stereocenters. The van der Waals surface area contributed by atoms with Crippen molar-refractivity contribution in [3.05, 3.63) is 30.1 Å². The molecule has 1 amide bonds. The van der Waals surface area contributed by atoms with Gasteiger partial charge in [0, 0.05) is 30.3 Å². The van der Waals surface area contributed by atoms with E-state index in [9.17, 15) is 9.59 Å². The van der Waals surface area contributed by atoms with Crippen LogP contribution in [0.3, 0.4) is 0 Å². The lowest BCUT2D eigenvalue weighted by molar-refractivity contribution is -0.137. The predicted molar refractivity (Wildman–Crippen MR) is 71.6 cm³/mol. The van der Waals surface area contributed by atoms with E-state index in [0.717, 1.165) is 5.69 Å². The van der Waals surface area contributed by atoms with Crippen LogP contribution in [0.5, 0.6) is 0 Å². The maximum atomic E-state index is 11.8. The molecule has 0 bridgehead atoms. The Bertz CT molecular complexity index is 430. The van der Waals surface area contributed by atoms with Gasteiger partial charge in [0.15, 0.2) is 0 Å². The van der Waals surface area contributed by atoms with Crippen LogP contribution in [-0.4, -0.2) is 27.5 Å². The minimum Gasteiger partial charge on any atom is -0.481 e. The Balaban J connectivity index is 2.36. The minimum absolute atomic E-state index is 0.0491. The van der Waals surface area contributed by atoms with Crippen molar-refractivity contribution in [1.29, 1.82) is 0 Å². The van der Waals surface area contributed by atoms with E-state index in [4.69, 9.17) is 5.11 Å². The van der Waals surface area contributed by atoms with Crippen LogP contribution in [0.25, 0.3) is 0 Å². The van der Waals surface area contributed by atoms with Crippen molar-refractivity contribution < 1.29 is 14.7 Å². The van der Waals surface area contributed by atoms with Gasteiger partial charge in [-0.1, -0.05) is 6.07 Å². The Hall–Kier alpha value is -1.91. The number of pyridine rings is 1. The first-order valence-electron chi connectivity index (χ1n) is 6.32. The van der Waals surface area contributed by atoms with Crippen molar-refractivity contribution in [1.82, 2.24) is 10.3 Å². The van der Waals surface area contributed by atoms with Gasteiger partial charge in [-0.2, -0.15) is 0 Å². The lowest BCUT2D eigenvalue weighted by Gasteiger charge is -2.25. The average molecular weight is 264 g/mol. The molecule has 5 nitrogen and oxygen atoms in total. The number of hydrogen-bond acceptors (Lipinski definition) is 3. The highest BCUT2D eigenvalue weighted by atomic mass is 16.4. The molecule has 0 aliphatic rings. The third-order valence-electron chi connectivity index (χ3n) is 2.78. The fraction of sp³-hybridized carbons (Fsp3) is 0.500. The number of nitrogens with zero attached hydrogens (tertiary/aromatic N) is 1. The van der Waals surface area contributed by atoms with Gasteiger partial charge in [0.2, 0.25) is 5.91 Å². The largest absolute Gasteiger partial charge is 0.481 e. The number of carboxylic acids is 1. The van der Waals surface area contributed by atoms with E-state index in [-0.39, 0.29) is 12.3 Å². The van der Waals surface area contributed by atoms with Crippen LogP contribution >= 0.6 is 0 Å². The molecule has 0 spiro atoms. The van der Waals surface area contributed by atoms with Crippen LogP contribution in [-0.2, 0) is 16.0 Å². The minimum atomic E-state index is -0.851. The van der Waals surface area contributed by atoms with Gasteiger partial charge in [-0.25, -0.2) is 0 Å². The van der Waals surface area contributed by atoms with Crippen molar-refractivity contribution >= 4 is 11.9 Å². The number of carbonyl (C=O) groups is 2. The standard InChI is InChI=1S/C14H20N2O3/c1-14(2,9-8-13(18)19)16-12(17)7-6-11-5-3-4-10-15-11/h3-5,10H,6-9H2,1-2H3,(H,16,17)(H,18,19).